The zero-order valence-electron chi connectivity index (χ0n) is 15.2. The molecule has 0 aromatic carbocycles. The van der Waals surface area contributed by atoms with Crippen molar-refractivity contribution >= 4 is 0 Å². The van der Waals surface area contributed by atoms with E-state index in [4.69, 9.17) is 0 Å². The van der Waals surface area contributed by atoms with Crippen molar-refractivity contribution in [2.24, 2.45) is 29.1 Å². The van der Waals surface area contributed by atoms with Crippen molar-refractivity contribution in [1.82, 2.24) is 10.6 Å². The van der Waals surface area contributed by atoms with Crippen molar-refractivity contribution in [2.75, 3.05) is 19.6 Å². The zero-order valence-corrected chi connectivity index (χ0v) is 15.2. The van der Waals surface area contributed by atoms with Gasteiger partial charge in [-0.3, -0.25) is 0 Å². The molecule has 0 saturated heterocycles. The molecule has 0 heterocycles. The topological polar surface area (TPSA) is 24.1 Å². The van der Waals surface area contributed by atoms with Gasteiger partial charge in [0.2, 0.25) is 0 Å². The summed E-state index contributed by atoms with van der Waals surface area (Å²) in [4.78, 5) is 0. The van der Waals surface area contributed by atoms with Gasteiger partial charge in [0.25, 0.3) is 0 Å². The molecular weight excluding hydrogens is 268 g/mol. The van der Waals surface area contributed by atoms with Crippen LogP contribution in [0.3, 0.4) is 0 Å². The summed E-state index contributed by atoms with van der Waals surface area (Å²) in [6.07, 6.45) is 11.7. The minimum atomic E-state index is 0.637. The molecule has 0 unspecified atom stereocenters. The quantitative estimate of drug-likeness (QED) is 0.689. The average molecular weight is 307 g/mol. The van der Waals surface area contributed by atoms with E-state index in [2.05, 4.69) is 31.4 Å². The van der Waals surface area contributed by atoms with Crippen LogP contribution in [0.4, 0.5) is 0 Å². The number of hydrogen-bond donors (Lipinski definition) is 2. The highest BCUT2D eigenvalue weighted by Crippen LogP contribution is 2.61. The van der Waals surface area contributed by atoms with Gasteiger partial charge in [0, 0.05) is 19.1 Å². The minimum Gasteiger partial charge on any atom is -0.315 e. The van der Waals surface area contributed by atoms with E-state index in [1.165, 1.54) is 57.9 Å². The van der Waals surface area contributed by atoms with E-state index < -0.39 is 0 Å². The molecule has 128 valence electrons. The molecule has 4 atom stereocenters. The fourth-order valence-corrected chi connectivity index (χ4v) is 5.68. The lowest BCUT2D eigenvalue weighted by atomic mass is 9.45. The lowest BCUT2D eigenvalue weighted by molar-refractivity contribution is -0.103. The first kappa shape index (κ1) is 16.8. The fourth-order valence-electron chi connectivity index (χ4n) is 5.68. The minimum absolute atomic E-state index is 0.637. The first-order valence-electron chi connectivity index (χ1n) is 10.0. The van der Waals surface area contributed by atoms with Gasteiger partial charge < -0.3 is 10.6 Å². The summed E-state index contributed by atoms with van der Waals surface area (Å²) < 4.78 is 0. The molecule has 4 aliphatic carbocycles. The van der Waals surface area contributed by atoms with Gasteiger partial charge in [0.05, 0.1) is 0 Å². The van der Waals surface area contributed by atoms with E-state index in [0.29, 0.717) is 11.5 Å². The Balaban J connectivity index is 1.28. The zero-order chi connectivity index (χ0) is 15.6. The van der Waals surface area contributed by atoms with Crippen LogP contribution in [0.15, 0.2) is 0 Å². The van der Waals surface area contributed by atoms with E-state index >= 15 is 0 Å². The number of rotatable bonds is 7. The molecule has 2 N–H and O–H groups in total. The van der Waals surface area contributed by atoms with Gasteiger partial charge in [-0.15, -0.1) is 0 Å². The van der Waals surface area contributed by atoms with Crippen molar-refractivity contribution in [3.63, 3.8) is 0 Å². The molecular formula is C20H38N2. The van der Waals surface area contributed by atoms with Crippen LogP contribution in [0.5, 0.6) is 0 Å². The Kier molecular flexibility index (Phi) is 5.50. The van der Waals surface area contributed by atoms with E-state index in [9.17, 15) is 0 Å². The molecule has 4 aliphatic rings. The van der Waals surface area contributed by atoms with Gasteiger partial charge in [-0.2, -0.15) is 0 Å². The summed E-state index contributed by atoms with van der Waals surface area (Å²) in [6.45, 7) is 10.9. The fraction of sp³-hybridized carbons (Fsp3) is 1.00. The second kappa shape index (κ2) is 7.21. The van der Waals surface area contributed by atoms with Crippen LogP contribution in [0, 0.1) is 29.1 Å². The van der Waals surface area contributed by atoms with Crippen LogP contribution in [0.1, 0.15) is 72.1 Å². The number of hydrogen-bond acceptors (Lipinski definition) is 2. The molecule has 4 rings (SSSR count). The molecule has 0 radical (unpaired) electrons. The van der Waals surface area contributed by atoms with Gasteiger partial charge >= 0.3 is 0 Å². The van der Waals surface area contributed by atoms with Crippen LogP contribution >= 0.6 is 0 Å². The van der Waals surface area contributed by atoms with Crippen molar-refractivity contribution in [3.05, 3.63) is 0 Å². The van der Waals surface area contributed by atoms with Crippen LogP contribution < -0.4 is 10.6 Å². The number of nitrogens with one attached hydrogen (secondary N) is 2. The van der Waals surface area contributed by atoms with Crippen molar-refractivity contribution in [2.45, 2.75) is 78.2 Å². The molecule has 0 aliphatic heterocycles. The van der Waals surface area contributed by atoms with E-state index in [-0.39, 0.29) is 0 Å². The maximum Gasteiger partial charge on any atom is 0.00793 e. The second-order valence-electron chi connectivity index (χ2n) is 9.04. The normalized spacial score (nSPS) is 35.9. The third kappa shape index (κ3) is 3.53. The summed E-state index contributed by atoms with van der Waals surface area (Å²) in [5, 5.41) is 7.51. The molecule has 4 saturated carbocycles. The Morgan fingerprint density at radius 3 is 2.45 bits per heavy atom. The van der Waals surface area contributed by atoms with Crippen molar-refractivity contribution in [1.29, 1.82) is 0 Å². The summed E-state index contributed by atoms with van der Waals surface area (Å²) in [5.41, 5.74) is 0.637. The highest BCUT2D eigenvalue weighted by Gasteiger charge is 2.53. The second-order valence-corrected chi connectivity index (χ2v) is 9.04. The third-order valence-corrected chi connectivity index (χ3v) is 7.53. The molecule has 0 spiro atoms. The summed E-state index contributed by atoms with van der Waals surface area (Å²) in [6, 6.07) is 0.711. The SMILES string of the molecule is C[C@H](NCCNC[C@@H]1CC[C@@H]2C[C@@H]1C2(C)C)C1CCCCC1. The molecule has 0 aromatic heterocycles. The molecule has 22 heavy (non-hydrogen) atoms. The molecule has 2 heteroatoms. The van der Waals surface area contributed by atoms with Gasteiger partial charge in [-0.25, -0.2) is 0 Å². The molecule has 0 amide bonds. The van der Waals surface area contributed by atoms with E-state index in [1.807, 2.05) is 0 Å². The predicted molar refractivity (Wildman–Crippen MR) is 95.0 cm³/mol. The lowest BCUT2D eigenvalue weighted by Gasteiger charge is -2.60. The smallest absolute Gasteiger partial charge is 0.00793 e. The molecule has 4 fully saturated rings. The Labute approximate surface area is 138 Å². The van der Waals surface area contributed by atoms with E-state index in [1.54, 1.807) is 0 Å². The highest BCUT2D eigenvalue weighted by atomic mass is 15.0. The standard InChI is InChI=1S/C20H38N2/c1-15(16-7-5-4-6-8-16)22-12-11-21-14-17-9-10-18-13-19(17)20(18,2)3/h15-19,21-22H,4-14H2,1-3H3/t15-,17-,18+,19-/m0/s1. The van der Waals surface area contributed by atoms with Gasteiger partial charge in [-0.05, 0) is 74.7 Å². The molecule has 2 nitrogen and oxygen atoms in total. The first-order chi connectivity index (χ1) is 10.6. The summed E-state index contributed by atoms with van der Waals surface area (Å²) in [5.74, 6) is 3.90. The van der Waals surface area contributed by atoms with Crippen molar-refractivity contribution in [3.8, 4) is 0 Å². The Morgan fingerprint density at radius 2 is 1.77 bits per heavy atom. The monoisotopic (exact) mass is 306 g/mol. The Morgan fingerprint density at radius 1 is 1.00 bits per heavy atom. The highest BCUT2D eigenvalue weighted by molar-refractivity contribution is 5.03. The summed E-state index contributed by atoms with van der Waals surface area (Å²) >= 11 is 0. The van der Waals surface area contributed by atoms with Crippen LogP contribution in [0.25, 0.3) is 0 Å². The van der Waals surface area contributed by atoms with Crippen molar-refractivity contribution < 1.29 is 0 Å². The van der Waals surface area contributed by atoms with Crippen LogP contribution in [-0.4, -0.2) is 25.7 Å². The van der Waals surface area contributed by atoms with Crippen LogP contribution in [0.2, 0.25) is 0 Å². The average Bonchev–Trinajstić information content (AvgIpc) is 2.55. The largest absolute Gasteiger partial charge is 0.315 e. The maximum absolute atomic E-state index is 3.76. The molecule has 2 bridgehead atoms. The lowest BCUT2D eigenvalue weighted by Crippen LogP contribution is -2.54. The third-order valence-electron chi connectivity index (χ3n) is 7.53. The van der Waals surface area contributed by atoms with Crippen LogP contribution in [-0.2, 0) is 0 Å². The maximum atomic E-state index is 3.76. The van der Waals surface area contributed by atoms with Gasteiger partial charge in [0.1, 0.15) is 0 Å². The first-order valence-corrected chi connectivity index (χ1v) is 10.0. The van der Waals surface area contributed by atoms with Gasteiger partial charge in [0.15, 0.2) is 0 Å². The predicted octanol–water partition coefficient (Wildman–Crippen LogP) is 4.21. The number of fused-ring (bicyclic) bond motifs is 2. The molecule has 0 aromatic rings. The summed E-state index contributed by atoms with van der Waals surface area (Å²) in [7, 11) is 0. The van der Waals surface area contributed by atoms with E-state index in [0.717, 1.165) is 36.8 Å². The Bertz CT molecular complexity index is 344. The Hall–Kier alpha value is -0.0800. The van der Waals surface area contributed by atoms with Gasteiger partial charge in [-0.1, -0.05) is 33.1 Å².